The lowest BCUT2D eigenvalue weighted by Gasteiger charge is -2.15. The van der Waals surface area contributed by atoms with Crippen LogP contribution in [0, 0.1) is 12.8 Å². The van der Waals surface area contributed by atoms with E-state index in [-0.39, 0.29) is 24.2 Å². The van der Waals surface area contributed by atoms with Gasteiger partial charge in [-0.2, -0.15) is 0 Å². The molecule has 3 rings (SSSR count). The molecule has 0 aliphatic heterocycles. The van der Waals surface area contributed by atoms with Gasteiger partial charge in [0.05, 0.1) is 16.6 Å². The molecule has 1 aromatic heterocycles. The van der Waals surface area contributed by atoms with E-state index >= 15 is 0 Å². The summed E-state index contributed by atoms with van der Waals surface area (Å²) in [6.45, 7) is 7.57. The van der Waals surface area contributed by atoms with Gasteiger partial charge in [-0.05, 0) is 56.2 Å². The highest BCUT2D eigenvalue weighted by molar-refractivity contribution is 5.94. The van der Waals surface area contributed by atoms with Crippen LogP contribution < -0.4 is 16.6 Å². The second kappa shape index (κ2) is 8.49. The van der Waals surface area contributed by atoms with Crippen molar-refractivity contribution >= 4 is 22.6 Å². The van der Waals surface area contributed by atoms with E-state index < -0.39 is 11.2 Å². The second-order valence-corrected chi connectivity index (χ2v) is 7.83. The number of carbonyl (C=O) groups is 2. The van der Waals surface area contributed by atoms with Gasteiger partial charge in [0.2, 0.25) is 5.91 Å². The molecule has 0 saturated carbocycles. The molecular weight excluding hydrogens is 382 g/mol. The Hall–Kier alpha value is -3.48. The summed E-state index contributed by atoms with van der Waals surface area (Å²) in [5.41, 5.74) is 1.03. The number of aromatic nitrogens is 2. The van der Waals surface area contributed by atoms with E-state index in [1.165, 1.54) is 11.5 Å². The number of hydrogen-bond acceptors (Lipinski definition) is 4. The van der Waals surface area contributed by atoms with E-state index in [2.05, 4.69) is 5.32 Å². The molecule has 1 heterocycles. The number of nitrogens with zero attached hydrogens (tertiary/aromatic N) is 2. The summed E-state index contributed by atoms with van der Waals surface area (Å²) >= 11 is 0. The lowest BCUT2D eigenvalue weighted by molar-refractivity contribution is -0.121. The van der Waals surface area contributed by atoms with Crippen molar-refractivity contribution in [2.24, 2.45) is 5.92 Å². The summed E-state index contributed by atoms with van der Waals surface area (Å²) in [4.78, 5) is 50.4. The normalized spacial score (nSPS) is 11.1. The number of ketones is 1. The monoisotopic (exact) mass is 407 g/mol. The van der Waals surface area contributed by atoms with Crippen molar-refractivity contribution in [1.82, 2.24) is 14.5 Å². The number of carbonyl (C=O) groups excluding carboxylic acids is 2. The third kappa shape index (κ3) is 4.25. The minimum atomic E-state index is -0.605. The van der Waals surface area contributed by atoms with Gasteiger partial charge in [0.15, 0.2) is 5.78 Å². The Kier molecular flexibility index (Phi) is 6.01. The molecular formula is C23H25N3O4. The zero-order valence-electron chi connectivity index (χ0n) is 17.6. The highest BCUT2D eigenvalue weighted by Gasteiger charge is 2.17. The Morgan fingerprint density at radius 1 is 1.03 bits per heavy atom. The minimum absolute atomic E-state index is 0.109. The Morgan fingerprint density at radius 2 is 1.70 bits per heavy atom. The van der Waals surface area contributed by atoms with E-state index in [0.29, 0.717) is 28.7 Å². The smallest absolute Gasteiger partial charge is 0.336 e. The van der Waals surface area contributed by atoms with Crippen molar-refractivity contribution in [2.75, 3.05) is 6.54 Å². The summed E-state index contributed by atoms with van der Waals surface area (Å²) in [5, 5.41) is 3.15. The molecule has 0 saturated heterocycles. The molecule has 3 aromatic rings. The molecule has 0 radical (unpaired) electrons. The van der Waals surface area contributed by atoms with Gasteiger partial charge in [-0.25, -0.2) is 9.36 Å². The Morgan fingerprint density at radius 3 is 2.30 bits per heavy atom. The van der Waals surface area contributed by atoms with Gasteiger partial charge in [0.1, 0.15) is 6.54 Å². The first-order valence-electron chi connectivity index (χ1n) is 9.83. The molecule has 1 amide bonds. The fourth-order valence-corrected chi connectivity index (χ4v) is 3.23. The summed E-state index contributed by atoms with van der Waals surface area (Å²) in [6, 6.07) is 11.5. The van der Waals surface area contributed by atoms with Crippen molar-refractivity contribution in [3.05, 3.63) is 74.4 Å². The molecule has 0 aliphatic carbocycles. The number of amides is 1. The topological polar surface area (TPSA) is 90.2 Å². The van der Waals surface area contributed by atoms with Gasteiger partial charge in [-0.15, -0.1) is 0 Å². The average molecular weight is 407 g/mol. The van der Waals surface area contributed by atoms with Crippen LogP contribution in [0.2, 0.25) is 0 Å². The maximum absolute atomic E-state index is 13.3. The molecule has 0 aliphatic rings. The molecule has 2 aromatic carbocycles. The molecule has 0 fully saturated rings. The molecule has 1 N–H and O–H groups in total. The van der Waals surface area contributed by atoms with Crippen LogP contribution in [0.3, 0.4) is 0 Å². The molecule has 7 nitrogen and oxygen atoms in total. The lowest BCUT2D eigenvalue weighted by Crippen LogP contribution is -2.42. The number of fused-ring (bicyclic) bond motifs is 1. The largest absolute Gasteiger partial charge is 0.354 e. The van der Waals surface area contributed by atoms with E-state index in [1.54, 1.807) is 42.5 Å². The molecule has 7 heteroatoms. The number of aryl methyl sites for hydroxylation is 1. The number of nitrogens with one attached hydrogen (secondary N) is 1. The maximum Gasteiger partial charge on any atom is 0.336 e. The van der Waals surface area contributed by atoms with Crippen LogP contribution >= 0.6 is 0 Å². The van der Waals surface area contributed by atoms with E-state index in [9.17, 15) is 19.2 Å². The van der Waals surface area contributed by atoms with Gasteiger partial charge in [0, 0.05) is 12.1 Å². The first-order chi connectivity index (χ1) is 14.2. The van der Waals surface area contributed by atoms with Gasteiger partial charge < -0.3 is 5.32 Å². The SMILES string of the molecule is CC(=O)c1ccc(-n2c(=O)c3cc(C)ccc3n(CC(=O)NCC(C)C)c2=O)cc1. The van der Waals surface area contributed by atoms with Crippen molar-refractivity contribution in [3.8, 4) is 5.69 Å². The molecule has 156 valence electrons. The van der Waals surface area contributed by atoms with Crippen molar-refractivity contribution < 1.29 is 9.59 Å². The fraction of sp³-hybridized carbons (Fsp3) is 0.304. The summed E-state index contributed by atoms with van der Waals surface area (Å²) in [5.74, 6) is -0.133. The molecule has 0 atom stereocenters. The highest BCUT2D eigenvalue weighted by atomic mass is 16.2. The number of Topliss-reactive ketones (excluding diaryl/α,β-unsaturated/α-hetero) is 1. The molecule has 0 unspecified atom stereocenters. The van der Waals surface area contributed by atoms with Crippen LogP contribution in [-0.2, 0) is 11.3 Å². The Balaban J connectivity index is 2.20. The van der Waals surface area contributed by atoms with Crippen LogP contribution in [0.25, 0.3) is 16.6 Å². The zero-order valence-corrected chi connectivity index (χ0v) is 17.6. The van der Waals surface area contributed by atoms with Gasteiger partial charge in [0.25, 0.3) is 5.56 Å². The zero-order chi connectivity index (χ0) is 22.0. The van der Waals surface area contributed by atoms with Crippen LogP contribution in [0.4, 0.5) is 0 Å². The first-order valence-corrected chi connectivity index (χ1v) is 9.83. The van der Waals surface area contributed by atoms with Gasteiger partial charge in [-0.3, -0.25) is 19.0 Å². The Bertz CT molecular complexity index is 1230. The average Bonchev–Trinajstić information content (AvgIpc) is 2.70. The molecule has 0 spiro atoms. The van der Waals surface area contributed by atoms with Gasteiger partial charge >= 0.3 is 5.69 Å². The van der Waals surface area contributed by atoms with E-state index in [0.717, 1.165) is 10.1 Å². The predicted molar refractivity (Wildman–Crippen MR) is 116 cm³/mol. The maximum atomic E-state index is 13.3. The number of benzene rings is 2. The number of rotatable bonds is 6. The van der Waals surface area contributed by atoms with Crippen molar-refractivity contribution in [3.63, 3.8) is 0 Å². The summed E-state index contributed by atoms with van der Waals surface area (Å²) in [6.07, 6.45) is 0. The minimum Gasteiger partial charge on any atom is -0.354 e. The van der Waals surface area contributed by atoms with Crippen LogP contribution in [0.15, 0.2) is 52.1 Å². The van der Waals surface area contributed by atoms with E-state index in [1.807, 2.05) is 20.8 Å². The molecule has 30 heavy (non-hydrogen) atoms. The quantitative estimate of drug-likeness (QED) is 0.636. The van der Waals surface area contributed by atoms with Crippen LogP contribution in [-0.4, -0.2) is 27.4 Å². The van der Waals surface area contributed by atoms with Gasteiger partial charge in [-0.1, -0.05) is 25.5 Å². The lowest BCUT2D eigenvalue weighted by atomic mass is 10.1. The summed E-state index contributed by atoms with van der Waals surface area (Å²) in [7, 11) is 0. The first kappa shape index (κ1) is 21.2. The second-order valence-electron chi connectivity index (χ2n) is 7.83. The highest BCUT2D eigenvalue weighted by Crippen LogP contribution is 2.13. The third-order valence-corrected chi connectivity index (χ3v) is 4.84. The third-order valence-electron chi connectivity index (χ3n) is 4.84. The standard InChI is InChI=1S/C23H25N3O4/c1-14(2)12-24-21(28)13-25-20-10-5-15(3)11-19(20)22(29)26(23(25)30)18-8-6-17(7-9-18)16(4)27/h5-11,14H,12-13H2,1-4H3,(H,24,28). The predicted octanol–water partition coefficient (Wildman–Crippen LogP) is 2.44. The van der Waals surface area contributed by atoms with Crippen LogP contribution in [0.1, 0.15) is 36.7 Å². The summed E-state index contributed by atoms with van der Waals surface area (Å²) < 4.78 is 2.35. The van der Waals surface area contributed by atoms with Crippen molar-refractivity contribution in [2.45, 2.75) is 34.2 Å². The molecule has 0 bridgehead atoms. The van der Waals surface area contributed by atoms with Crippen molar-refractivity contribution in [1.29, 1.82) is 0 Å². The van der Waals surface area contributed by atoms with Crippen LogP contribution in [0.5, 0.6) is 0 Å². The Labute approximate surface area is 174 Å². The fourth-order valence-electron chi connectivity index (χ4n) is 3.23. The van der Waals surface area contributed by atoms with E-state index in [4.69, 9.17) is 0 Å². The number of hydrogen-bond donors (Lipinski definition) is 1.